The largest absolute Gasteiger partial charge is 0.355 e. The van der Waals surface area contributed by atoms with Gasteiger partial charge in [-0.3, -0.25) is 14.6 Å². The Kier molecular flexibility index (Phi) is 6.02. The normalized spacial score (nSPS) is 20.9. The Hall–Kier alpha value is -0.980. The van der Waals surface area contributed by atoms with E-state index in [4.69, 9.17) is 4.98 Å². The van der Waals surface area contributed by atoms with Crippen LogP contribution in [-0.2, 0) is 11.3 Å². The fourth-order valence-electron chi connectivity index (χ4n) is 3.55. The standard InChI is InChI=1S/C17H28N4OS/c1-2-18-16(22)12-21-9-7-20(8-10-21)11-15-13-23-17(19-15)14-5-3-4-6-14/h13-14H,2-12H2,1H3,(H,18,22). The van der Waals surface area contributed by atoms with Gasteiger partial charge in [0.05, 0.1) is 17.2 Å². The molecule has 0 aromatic carbocycles. The highest BCUT2D eigenvalue weighted by Crippen LogP contribution is 2.35. The summed E-state index contributed by atoms with van der Waals surface area (Å²) in [7, 11) is 0. The van der Waals surface area contributed by atoms with E-state index in [1.807, 2.05) is 18.3 Å². The molecule has 0 spiro atoms. The molecule has 1 amide bonds. The lowest BCUT2D eigenvalue weighted by atomic mass is 10.1. The molecule has 1 saturated carbocycles. The van der Waals surface area contributed by atoms with Crippen LogP contribution < -0.4 is 5.32 Å². The number of likely N-dealkylation sites (N-methyl/N-ethyl adjacent to an activating group) is 1. The number of carbonyl (C=O) groups excluding carboxylic acids is 1. The third kappa shape index (κ3) is 4.75. The van der Waals surface area contributed by atoms with E-state index in [1.165, 1.54) is 36.4 Å². The average molecular weight is 337 g/mol. The van der Waals surface area contributed by atoms with Gasteiger partial charge in [0.1, 0.15) is 0 Å². The van der Waals surface area contributed by atoms with Crippen molar-refractivity contribution in [3.05, 3.63) is 16.1 Å². The van der Waals surface area contributed by atoms with Crippen LogP contribution in [0.1, 0.15) is 49.2 Å². The van der Waals surface area contributed by atoms with Crippen LogP contribution in [0.15, 0.2) is 5.38 Å². The lowest BCUT2D eigenvalue weighted by Crippen LogP contribution is -2.49. The van der Waals surface area contributed by atoms with E-state index in [2.05, 4.69) is 20.5 Å². The van der Waals surface area contributed by atoms with Crippen LogP contribution in [0.25, 0.3) is 0 Å². The topological polar surface area (TPSA) is 48.5 Å². The first-order valence-corrected chi connectivity index (χ1v) is 9.78. The summed E-state index contributed by atoms with van der Waals surface area (Å²) in [5, 5.41) is 6.47. The minimum atomic E-state index is 0.140. The van der Waals surface area contributed by atoms with Crippen LogP contribution in [0.5, 0.6) is 0 Å². The van der Waals surface area contributed by atoms with Crippen molar-refractivity contribution in [1.29, 1.82) is 0 Å². The van der Waals surface area contributed by atoms with Gasteiger partial charge in [0.25, 0.3) is 0 Å². The number of aromatic nitrogens is 1. The number of rotatable bonds is 6. The fourth-order valence-corrected chi connectivity index (χ4v) is 4.53. The highest BCUT2D eigenvalue weighted by Gasteiger charge is 2.22. The highest BCUT2D eigenvalue weighted by atomic mass is 32.1. The van der Waals surface area contributed by atoms with Gasteiger partial charge in [-0.2, -0.15) is 0 Å². The van der Waals surface area contributed by atoms with Crippen molar-refractivity contribution in [3.63, 3.8) is 0 Å². The molecule has 0 radical (unpaired) electrons. The van der Waals surface area contributed by atoms with Crippen LogP contribution in [0.2, 0.25) is 0 Å². The van der Waals surface area contributed by atoms with Crippen molar-refractivity contribution >= 4 is 17.2 Å². The number of hydrogen-bond donors (Lipinski definition) is 1. The third-order valence-corrected chi connectivity index (χ3v) is 5.92. The van der Waals surface area contributed by atoms with Crippen LogP contribution in [-0.4, -0.2) is 60.0 Å². The van der Waals surface area contributed by atoms with Crippen molar-refractivity contribution in [1.82, 2.24) is 20.1 Å². The minimum Gasteiger partial charge on any atom is -0.355 e. The molecule has 5 nitrogen and oxygen atoms in total. The van der Waals surface area contributed by atoms with Crippen LogP contribution >= 0.6 is 11.3 Å². The summed E-state index contributed by atoms with van der Waals surface area (Å²) < 4.78 is 0. The van der Waals surface area contributed by atoms with Crippen LogP contribution in [0.4, 0.5) is 0 Å². The molecule has 1 aromatic rings. The third-order valence-electron chi connectivity index (χ3n) is 4.87. The monoisotopic (exact) mass is 336 g/mol. The fraction of sp³-hybridized carbons (Fsp3) is 0.765. The van der Waals surface area contributed by atoms with Crippen molar-refractivity contribution in [2.75, 3.05) is 39.3 Å². The van der Waals surface area contributed by atoms with Gasteiger partial charge < -0.3 is 5.32 Å². The Morgan fingerprint density at radius 3 is 2.65 bits per heavy atom. The maximum Gasteiger partial charge on any atom is 0.234 e. The maximum atomic E-state index is 11.6. The second kappa shape index (κ2) is 8.22. The van der Waals surface area contributed by atoms with Gasteiger partial charge in [0, 0.05) is 50.6 Å². The molecule has 23 heavy (non-hydrogen) atoms. The molecule has 1 N–H and O–H groups in total. The summed E-state index contributed by atoms with van der Waals surface area (Å²) in [6.45, 7) is 8.15. The Labute approximate surface area is 143 Å². The zero-order chi connectivity index (χ0) is 16.1. The molecule has 0 atom stereocenters. The molecule has 6 heteroatoms. The first-order valence-electron chi connectivity index (χ1n) is 8.90. The predicted octanol–water partition coefficient (Wildman–Crippen LogP) is 2.05. The van der Waals surface area contributed by atoms with Gasteiger partial charge in [-0.05, 0) is 19.8 Å². The summed E-state index contributed by atoms with van der Waals surface area (Å²) in [6.07, 6.45) is 5.39. The van der Waals surface area contributed by atoms with Crippen molar-refractivity contribution < 1.29 is 4.79 Å². The van der Waals surface area contributed by atoms with E-state index in [9.17, 15) is 4.79 Å². The molecular weight excluding hydrogens is 308 g/mol. The number of carbonyl (C=O) groups is 1. The number of nitrogens with zero attached hydrogens (tertiary/aromatic N) is 3. The summed E-state index contributed by atoms with van der Waals surface area (Å²) in [4.78, 5) is 21.2. The van der Waals surface area contributed by atoms with Gasteiger partial charge >= 0.3 is 0 Å². The number of piperazine rings is 1. The first-order chi connectivity index (χ1) is 11.2. The first kappa shape index (κ1) is 16.9. The summed E-state index contributed by atoms with van der Waals surface area (Å²) in [6, 6.07) is 0. The molecule has 1 aliphatic heterocycles. The van der Waals surface area contributed by atoms with Crippen LogP contribution in [0.3, 0.4) is 0 Å². The number of thiazole rings is 1. The molecule has 2 heterocycles. The lowest BCUT2D eigenvalue weighted by molar-refractivity contribution is -0.122. The van der Waals surface area contributed by atoms with Crippen molar-refractivity contribution in [2.45, 2.75) is 45.1 Å². The zero-order valence-electron chi connectivity index (χ0n) is 14.1. The van der Waals surface area contributed by atoms with E-state index < -0.39 is 0 Å². The molecule has 1 aromatic heterocycles. The average Bonchev–Trinajstić information content (AvgIpc) is 3.20. The van der Waals surface area contributed by atoms with Gasteiger partial charge in [0.15, 0.2) is 0 Å². The molecule has 1 saturated heterocycles. The Balaban J connectivity index is 1.43. The van der Waals surface area contributed by atoms with E-state index in [-0.39, 0.29) is 5.91 Å². The van der Waals surface area contributed by atoms with Crippen molar-refractivity contribution in [2.24, 2.45) is 0 Å². The Morgan fingerprint density at radius 2 is 1.96 bits per heavy atom. The second-order valence-electron chi connectivity index (χ2n) is 6.66. The minimum absolute atomic E-state index is 0.140. The number of hydrogen-bond acceptors (Lipinski definition) is 5. The van der Waals surface area contributed by atoms with Crippen molar-refractivity contribution in [3.8, 4) is 0 Å². The molecule has 1 aliphatic carbocycles. The van der Waals surface area contributed by atoms with E-state index in [0.29, 0.717) is 13.1 Å². The van der Waals surface area contributed by atoms with E-state index >= 15 is 0 Å². The van der Waals surface area contributed by atoms with Gasteiger partial charge in [0.2, 0.25) is 5.91 Å². The SMILES string of the molecule is CCNC(=O)CN1CCN(Cc2csc(C3CCCC3)n2)CC1. The van der Waals surface area contributed by atoms with Crippen LogP contribution in [0, 0.1) is 0 Å². The van der Waals surface area contributed by atoms with Gasteiger partial charge in [-0.15, -0.1) is 11.3 Å². The quantitative estimate of drug-likeness (QED) is 0.864. The predicted molar refractivity (Wildman–Crippen MR) is 93.7 cm³/mol. The highest BCUT2D eigenvalue weighted by molar-refractivity contribution is 7.09. The number of nitrogens with one attached hydrogen (secondary N) is 1. The van der Waals surface area contributed by atoms with E-state index in [1.54, 1.807) is 0 Å². The van der Waals surface area contributed by atoms with E-state index in [0.717, 1.165) is 38.6 Å². The summed E-state index contributed by atoms with van der Waals surface area (Å²) in [5.41, 5.74) is 1.23. The Bertz CT molecular complexity index is 504. The van der Waals surface area contributed by atoms with Gasteiger partial charge in [-0.1, -0.05) is 12.8 Å². The zero-order valence-corrected chi connectivity index (χ0v) is 14.9. The lowest BCUT2D eigenvalue weighted by Gasteiger charge is -2.33. The molecule has 3 rings (SSSR count). The molecule has 2 aliphatic rings. The summed E-state index contributed by atoms with van der Waals surface area (Å²) >= 11 is 1.85. The molecule has 128 valence electrons. The molecule has 2 fully saturated rings. The van der Waals surface area contributed by atoms with Gasteiger partial charge in [-0.25, -0.2) is 4.98 Å². The Morgan fingerprint density at radius 1 is 1.26 bits per heavy atom. The molecular formula is C17H28N4OS. The molecule has 0 bridgehead atoms. The number of amides is 1. The second-order valence-corrected chi connectivity index (χ2v) is 7.55. The smallest absolute Gasteiger partial charge is 0.234 e. The molecule has 0 unspecified atom stereocenters. The maximum absolute atomic E-state index is 11.6. The summed E-state index contributed by atoms with van der Waals surface area (Å²) in [5.74, 6) is 0.865.